The van der Waals surface area contributed by atoms with Crippen LogP contribution in [0.3, 0.4) is 0 Å². The average Bonchev–Trinajstić information content (AvgIpc) is 2.85. The molecule has 2 aromatic rings. The number of nitrogens with zero attached hydrogens (tertiary/aromatic N) is 4. The molecule has 0 amide bonds. The SMILES string of the molecule is c1cc2nc(c1)-c1cccc(n1)CN1CCCOCCOCCCN(CCOCCOCC1)C2. The lowest BCUT2D eigenvalue weighted by atomic mass is 10.2. The normalized spacial score (nSPS) is 24.5. The van der Waals surface area contributed by atoms with Gasteiger partial charge in [0.05, 0.1) is 62.4 Å². The highest BCUT2D eigenvalue weighted by atomic mass is 16.5. The molecule has 34 heavy (non-hydrogen) atoms. The first-order valence-corrected chi connectivity index (χ1v) is 12.5. The Balaban J connectivity index is 1.59. The molecule has 0 aliphatic carbocycles. The largest absolute Gasteiger partial charge is 0.379 e. The first-order valence-electron chi connectivity index (χ1n) is 12.5. The van der Waals surface area contributed by atoms with Gasteiger partial charge in [-0.05, 0) is 37.1 Å². The molecule has 0 spiro atoms. The second-order valence-corrected chi connectivity index (χ2v) is 8.74. The maximum absolute atomic E-state index is 5.87. The van der Waals surface area contributed by atoms with Crippen molar-refractivity contribution >= 4 is 0 Å². The minimum absolute atomic E-state index is 0.613. The fourth-order valence-electron chi connectivity index (χ4n) is 4.23. The summed E-state index contributed by atoms with van der Waals surface area (Å²) in [5.74, 6) is 0. The third-order valence-corrected chi connectivity index (χ3v) is 6.02. The van der Waals surface area contributed by atoms with Crippen LogP contribution in [0.2, 0.25) is 0 Å². The van der Waals surface area contributed by atoms with Crippen LogP contribution < -0.4 is 0 Å². The molecule has 2 aromatic heterocycles. The van der Waals surface area contributed by atoms with E-state index in [1.165, 1.54) is 0 Å². The Bertz CT molecular complexity index is 784. The van der Waals surface area contributed by atoms with E-state index < -0.39 is 0 Å². The molecule has 8 nitrogen and oxygen atoms in total. The topological polar surface area (TPSA) is 69.2 Å². The third kappa shape index (κ3) is 8.69. The van der Waals surface area contributed by atoms with Gasteiger partial charge in [0.2, 0.25) is 0 Å². The highest BCUT2D eigenvalue weighted by molar-refractivity contribution is 5.54. The van der Waals surface area contributed by atoms with E-state index >= 15 is 0 Å². The lowest BCUT2D eigenvalue weighted by Gasteiger charge is -2.24. The predicted molar refractivity (Wildman–Crippen MR) is 131 cm³/mol. The molecule has 3 aliphatic heterocycles. The highest BCUT2D eigenvalue weighted by Crippen LogP contribution is 2.17. The Hall–Kier alpha value is -1.94. The number of hydrogen-bond acceptors (Lipinski definition) is 8. The summed E-state index contributed by atoms with van der Waals surface area (Å²) in [7, 11) is 0. The van der Waals surface area contributed by atoms with Crippen molar-refractivity contribution in [1.82, 2.24) is 19.8 Å². The predicted octanol–water partition coefficient (Wildman–Crippen LogP) is 2.62. The summed E-state index contributed by atoms with van der Waals surface area (Å²) in [4.78, 5) is 14.7. The van der Waals surface area contributed by atoms with E-state index in [9.17, 15) is 0 Å². The van der Waals surface area contributed by atoms with Crippen LogP contribution in [-0.2, 0) is 32.0 Å². The van der Waals surface area contributed by atoms with Crippen LogP contribution in [-0.4, -0.2) is 98.8 Å². The maximum atomic E-state index is 5.87. The van der Waals surface area contributed by atoms with Crippen molar-refractivity contribution in [2.24, 2.45) is 0 Å². The molecule has 5 rings (SSSR count). The van der Waals surface area contributed by atoms with E-state index in [-0.39, 0.29) is 0 Å². The van der Waals surface area contributed by atoms with Gasteiger partial charge < -0.3 is 18.9 Å². The monoisotopic (exact) mass is 470 g/mol. The molecule has 0 aromatic carbocycles. The molecule has 1 saturated heterocycles. The molecule has 2 unspecified atom stereocenters. The molecule has 0 radical (unpaired) electrons. The van der Waals surface area contributed by atoms with Gasteiger partial charge in [-0.2, -0.15) is 0 Å². The molecule has 3 aliphatic rings. The molecule has 0 N–H and O–H groups in total. The van der Waals surface area contributed by atoms with Gasteiger partial charge in [-0.25, -0.2) is 9.97 Å². The first kappa shape index (κ1) is 25.2. The van der Waals surface area contributed by atoms with Crippen LogP contribution in [0.15, 0.2) is 36.4 Å². The van der Waals surface area contributed by atoms with Crippen molar-refractivity contribution in [3.05, 3.63) is 47.8 Å². The Morgan fingerprint density at radius 3 is 1.41 bits per heavy atom. The van der Waals surface area contributed by atoms with Gasteiger partial charge in [-0.15, -0.1) is 0 Å². The molecule has 1 fully saturated rings. The molecule has 0 saturated carbocycles. The highest BCUT2D eigenvalue weighted by Gasteiger charge is 2.12. The fourth-order valence-corrected chi connectivity index (χ4v) is 4.23. The second-order valence-electron chi connectivity index (χ2n) is 8.74. The van der Waals surface area contributed by atoms with Crippen LogP contribution >= 0.6 is 0 Å². The fraction of sp³-hybridized carbons (Fsp3) is 0.615. The number of rotatable bonds is 0. The minimum Gasteiger partial charge on any atom is -0.379 e. The van der Waals surface area contributed by atoms with Crippen molar-refractivity contribution in [2.75, 3.05) is 79.0 Å². The summed E-state index contributed by atoms with van der Waals surface area (Å²) < 4.78 is 23.3. The van der Waals surface area contributed by atoms with E-state index in [2.05, 4.69) is 34.1 Å². The first-order chi connectivity index (χ1) is 16.9. The van der Waals surface area contributed by atoms with Crippen molar-refractivity contribution in [3.8, 4) is 11.4 Å². The van der Waals surface area contributed by atoms with Gasteiger partial charge >= 0.3 is 0 Å². The van der Waals surface area contributed by atoms with Crippen LogP contribution in [0.25, 0.3) is 11.4 Å². The Morgan fingerprint density at radius 1 is 0.500 bits per heavy atom. The van der Waals surface area contributed by atoms with E-state index in [1.807, 2.05) is 12.1 Å². The number of fused-ring (bicyclic) bond motifs is 16. The minimum atomic E-state index is 0.613. The third-order valence-electron chi connectivity index (χ3n) is 6.02. The van der Waals surface area contributed by atoms with E-state index in [4.69, 9.17) is 28.9 Å². The van der Waals surface area contributed by atoms with Gasteiger partial charge in [0.25, 0.3) is 0 Å². The van der Waals surface area contributed by atoms with Crippen molar-refractivity contribution in [2.45, 2.75) is 25.9 Å². The van der Waals surface area contributed by atoms with Crippen molar-refractivity contribution < 1.29 is 18.9 Å². The van der Waals surface area contributed by atoms with Crippen LogP contribution in [0.1, 0.15) is 24.2 Å². The lowest BCUT2D eigenvalue weighted by molar-refractivity contribution is 0.0202. The van der Waals surface area contributed by atoms with Crippen molar-refractivity contribution in [1.29, 1.82) is 0 Å². The molecule has 5 heterocycles. The molecule has 2 atom stereocenters. The lowest BCUT2D eigenvalue weighted by Crippen LogP contribution is -2.31. The average molecular weight is 471 g/mol. The number of aromatic nitrogens is 2. The van der Waals surface area contributed by atoms with E-state index in [0.717, 1.165) is 88.1 Å². The van der Waals surface area contributed by atoms with Crippen molar-refractivity contribution in [3.63, 3.8) is 0 Å². The van der Waals surface area contributed by atoms with Crippen LogP contribution in [0.5, 0.6) is 0 Å². The standard InChI is InChI=1S/C26H38N4O4/c1-5-23-21-29-9-3-13-31-17-18-32-14-4-10-30(12-16-34-20-19-33-15-11-29)22-24-6-2-8-26(28-24)25(7-1)27-23/h1-2,5-8H,3-4,9-22H2. The van der Waals surface area contributed by atoms with Crippen LogP contribution in [0, 0.1) is 0 Å². The molecule has 186 valence electrons. The summed E-state index contributed by atoms with van der Waals surface area (Å²) >= 11 is 0. The van der Waals surface area contributed by atoms with Gasteiger partial charge in [0, 0.05) is 52.5 Å². The van der Waals surface area contributed by atoms with Gasteiger partial charge in [-0.1, -0.05) is 12.1 Å². The zero-order chi connectivity index (χ0) is 23.3. The second kappa shape index (κ2) is 14.5. The maximum Gasteiger partial charge on any atom is 0.0890 e. The summed E-state index contributed by atoms with van der Waals surface area (Å²) in [5.41, 5.74) is 3.91. The summed E-state index contributed by atoms with van der Waals surface area (Å²) in [5, 5.41) is 0. The molecule has 8 heteroatoms. The van der Waals surface area contributed by atoms with E-state index in [1.54, 1.807) is 0 Å². The number of ether oxygens (including phenoxy) is 4. The Morgan fingerprint density at radius 2 is 0.941 bits per heavy atom. The Labute approximate surface area is 203 Å². The summed E-state index contributed by atoms with van der Waals surface area (Å²) in [6.45, 7) is 10.4. The number of pyridine rings is 2. The van der Waals surface area contributed by atoms with Crippen LogP contribution in [0.4, 0.5) is 0 Å². The Kier molecular flexibility index (Phi) is 10.7. The quantitative estimate of drug-likeness (QED) is 0.582. The summed E-state index contributed by atoms with van der Waals surface area (Å²) in [6.07, 6.45) is 1.92. The zero-order valence-electron chi connectivity index (χ0n) is 20.2. The van der Waals surface area contributed by atoms with Gasteiger partial charge in [0.1, 0.15) is 0 Å². The number of hydrogen-bond donors (Lipinski definition) is 0. The molecular formula is C26H38N4O4. The molecule has 6 bridgehead atoms. The zero-order valence-corrected chi connectivity index (χ0v) is 20.2. The van der Waals surface area contributed by atoms with Gasteiger partial charge in [-0.3, -0.25) is 9.80 Å². The smallest absolute Gasteiger partial charge is 0.0890 e. The van der Waals surface area contributed by atoms with Gasteiger partial charge in [0.15, 0.2) is 0 Å². The van der Waals surface area contributed by atoms with E-state index in [0.29, 0.717) is 39.6 Å². The molecular weight excluding hydrogens is 432 g/mol. The summed E-state index contributed by atoms with van der Waals surface area (Å²) in [6, 6.07) is 12.4.